The highest BCUT2D eigenvalue weighted by Gasteiger charge is 2.14. The van der Waals surface area contributed by atoms with E-state index in [1.807, 2.05) is 12.1 Å². The SMILES string of the molecule is COc1ccccc1CNC(=O)C(=O)Nc1cccc(C(C)=O)c1. The van der Waals surface area contributed by atoms with Crippen LogP contribution in [-0.2, 0) is 16.1 Å². The third-order valence-corrected chi connectivity index (χ3v) is 3.37. The maximum Gasteiger partial charge on any atom is 0.313 e. The molecule has 2 rings (SSSR count). The third kappa shape index (κ3) is 4.42. The molecule has 124 valence electrons. The van der Waals surface area contributed by atoms with Gasteiger partial charge in [-0.2, -0.15) is 0 Å². The number of methoxy groups -OCH3 is 1. The Morgan fingerprint density at radius 2 is 1.75 bits per heavy atom. The van der Waals surface area contributed by atoms with Crippen LogP contribution in [0.25, 0.3) is 0 Å². The molecule has 0 radical (unpaired) electrons. The Balaban J connectivity index is 1.96. The number of nitrogens with one attached hydrogen (secondary N) is 2. The average Bonchev–Trinajstić information content (AvgIpc) is 2.60. The molecule has 0 saturated heterocycles. The van der Waals surface area contributed by atoms with Gasteiger partial charge in [-0.3, -0.25) is 14.4 Å². The van der Waals surface area contributed by atoms with Crippen LogP contribution in [0.2, 0.25) is 0 Å². The summed E-state index contributed by atoms with van der Waals surface area (Å²) in [5, 5.41) is 5.00. The second-order valence-corrected chi connectivity index (χ2v) is 5.09. The number of hydrogen-bond acceptors (Lipinski definition) is 4. The highest BCUT2D eigenvalue weighted by Crippen LogP contribution is 2.16. The molecule has 0 heterocycles. The maximum atomic E-state index is 11.9. The number of Topliss-reactive ketones (excluding diaryl/α,β-unsaturated/α-hetero) is 1. The molecule has 0 fully saturated rings. The molecule has 24 heavy (non-hydrogen) atoms. The summed E-state index contributed by atoms with van der Waals surface area (Å²) in [5.74, 6) is -1.06. The van der Waals surface area contributed by atoms with Gasteiger partial charge in [-0.05, 0) is 25.1 Å². The normalized spacial score (nSPS) is 9.92. The maximum absolute atomic E-state index is 11.9. The Kier molecular flexibility index (Phi) is 5.68. The second kappa shape index (κ2) is 7.92. The summed E-state index contributed by atoms with van der Waals surface area (Å²) < 4.78 is 5.19. The first-order chi connectivity index (χ1) is 11.5. The fourth-order valence-corrected chi connectivity index (χ4v) is 2.11. The van der Waals surface area contributed by atoms with Gasteiger partial charge < -0.3 is 15.4 Å². The van der Waals surface area contributed by atoms with Gasteiger partial charge in [0, 0.05) is 23.4 Å². The molecule has 2 aromatic rings. The Bertz CT molecular complexity index is 771. The van der Waals surface area contributed by atoms with Gasteiger partial charge >= 0.3 is 11.8 Å². The van der Waals surface area contributed by atoms with E-state index in [0.717, 1.165) is 5.56 Å². The Morgan fingerprint density at radius 3 is 2.46 bits per heavy atom. The van der Waals surface area contributed by atoms with Crippen LogP contribution >= 0.6 is 0 Å². The molecule has 2 amide bonds. The standard InChI is InChI=1S/C18H18N2O4/c1-12(21)13-7-5-8-15(10-13)20-18(23)17(22)19-11-14-6-3-4-9-16(14)24-2/h3-10H,11H2,1-2H3,(H,19,22)(H,20,23). The second-order valence-electron chi connectivity index (χ2n) is 5.09. The number of carbonyl (C=O) groups is 3. The summed E-state index contributed by atoms with van der Waals surface area (Å²) >= 11 is 0. The summed E-state index contributed by atoms with van der Waals surface area (Å²) in [7, 11) is 1.54. The van der Waals surface area contributed by atoms with Gasteiger partial charge in [0.05, 0.1) is 7.11 Å². The molecule has 0 spiro atoms. The molecule has 0 bridgehead atoms. The van der Waals surface area contributed by atoms with Crippen LogP contribution in [0.1, 0.15) is 22.8 Å². The molecular formula is C18H18N2O4. The van der Waals surface area contributed by atoms with Gasteiger partial charge in [0.1, 0.15) is 5.75 Å². The Labute approximate surface area is 139 Å². The minimum atomic E-state index is -0.800. The molecule has 6 heteroatoms. The van der Waals surface area contributed by atoms with Crippen LogP contribution in [0.3, 0.4) is 0 Å². The Morgan fingerprint density at radius 1 is 1.00 bits per heavy atom. The lowest BCUT2D eigenvalue weighted by atomic mass is 10.1. The number of ketones is 1. The van der Waals surface area contributed by atoms with E-state index in [-0.39, 0.29) is 12.3 Å². The number of para-hydroxylation sites is 1. The lowest BCUT2D eigenvalue weighted by Crippen LogP contribution is -2.35. The largest absolute Gasteiger partial charge is 0.496 e. The van der Waals surface area contributed by atoms with Gasteiger partial charge in [-0.25, -0.2) is 0 Å². The average molecular weight is 326 g/mol. The van der Waals surface area contributed by atoms with Crippen molar-refractivity contribution in [1.29, 1.82) is 0 Å². The zero-order chi connectivity index (χ0) is 17.5. The number of hydrogen-bond donors (Lipinski definition) is 2. The molecular weight excluding hydrogens is 308 g/mol. The number of carbonyl (C=O) groups excluding carboxylic acids is 3. The fourth-order valence-electron chi connectivity index (χ4n) is 2.11. The van der Waals surface area contributed by atoms with E-state index in [1.165, 1.54) is 20.1 Å². The van der Waals surface area contributed by atoms with Crippen molar-refractivity contribution in [1.82, 2.24) is 5.32 Å². The molecule has 0 saturated carbocycles. The smallest absolute Gasteiger partial charge is 0.313 e. The van der Waals surface area contributed by atoms with Crippen LogP contribution in [0.15, 0.2) is 48.5 Å². The minimum absolute atomic E-state index is 0.119. The first-order valence-electron chi connectivity index (χ1n) is 7.33. The van der Waals surface area contributed by atoms with E-state index in [1.54, 1.807) is 30.3 Å². The van der Waals surface area contributed by atoms with Crippen molar-refractivity contribution in [3.63, 3.8) is 0 Å². The van der Waals surface area contributed by atoms with Gasteiger partial charge in [0.15, 0.2) is 5.78 Å². The van der Waals surface area contributed by atoms with Crippen molar-refractivity contribution in [2.75, 3.05) is 12.4 Å². The lowest BCUT2D eigenvalue weighted by Gasteiger charge is -2.10. The van der Waals surface area contributed by atoms with Crippen LogP contribution < -0.4 is 15.4 Å². The highest BCUT2D eigenvalue weighted by molar-refractivity contribution is 6.39. The van der Waals surface area contributed by atoms with Crippen LogP contribution in [0.5, 0.6) is 5.75 Å². The molecule has 0 unspecified atom stereocenters. The minimum Gasteiger partial charge on any atom is -0.496 e. The van der Waals surface area contributed by atoms with Crippen molar-refractivity contribution >= 4 is 23.3 Å². The van der Waals surface area contributed by atoms with Gasteiger partial charge in [0.2, 0.25) is 0 Å². The predicted octanol–water partition coefficient (Wildman–Crippen LogP) is 2.15. The van der Waals surface area contributed by atoms with E-state index in [9.17, 15) is 14.4 Å². The lowest BCUT2D eigenvalue weighted by molar-refractivity contribution is -0.136. The van der Waals surface area contributed by atoms with Crippen LogP contribution in [-0.4, -0.2) is 24.7 Å². The molecule has 0 aliphatic rings. The van der Waals surface area contributed by atoms with Crippen molar-refractivity contribution in [3.05, 3.63) is 59.7 Å². The summed E-state index contributed by atoms with van der Waals surface area (Å²) in [5.41, 5.74) is 1.61. The molecule has 0 aliphatic heterocycles. The van der Waals surface area contributed by atoms with Crippen molar-refractivity contribution in [2.24, 2.45) is 0 Å². The van der Waals surface area contributed by atoms with Gasteiger partial charge in [-0.15, -0.1) is 0 Å². The highest BCUT2D eigenvalue weighted by atomic mass is 16.5. The zero-order valence-electron chi connectivity index (χ0n) is 13.5. The molecule has 0 atom stereocenters. The van der Waals surface area contributed by atoms with E-state index >= 15 is 0 Å². The van der Waals surface area contributed by atoms with Crippen molar-refractivity contribution in [3.8, 4) is 5.75 Å². The monoisotopic (exact) mass is 326 g/mol. The zero-order valence-corrected chi connectivity index (χ0v) is 13.5. The predicted molar refractivity (Wildman–Crippen MR) is 89.9 cm³/mol. The fraction of sp³-hybridized carbons (Fsp3) is 0.167. The van der Waals surface area contributed by atoms with E-state index in [2.05, 4.69) is 10.6 Å². The summed E-state index contributed by atoms with van der Waals surface area (Å²) in [4.78, 5) is 35.2. The van der Waals surface area contributed by atoms with Gasteiger partial charge in [0.25, 0.3) is 0 Å². The van der Waals surface area contributed by atoms with Crippen LogP contribution in [0.4, 0.5) is 5.69 Å². The molecule has 0 aliphatic carbocycles. The third-order valence-electron chi connectivity index (χ3n) is 3.37. The number of ether oxygens (including phenoxy) is 1. The molecule has 2 N–H and O–H groups in total. The van der Waals surface area contributed by atoms with Crippen LogP contribution in [0, 0.1) is 0 Å². The van der Waals surface area contributed by atoms with Crippen molar-refractivity contribution in [2.45, 2.75) is 13.5 Å². The summed E-state index contributed by atoms with van der Waals surface area (Å²) in [6.07, 6.45) is 0. The molecule has 0 aromatic heterocycles. The Hall–Kier alpha value is -3.15. The number of benzene rings is 2. The first kappa shape index (κ1) is 17.2. The number of amides is 2. The topological polar surface area (TPSA) is 84.5 Å². The number of rotatable bonds is 5. The van der Waals surface area contributed by atoms with E-state index < -0.39 is 11.8 Å². The first-order valence-corrected chi connectivity index (χ1v) is 7.33. The van der Waals surface area contributed by atoms with Gasteiger partial charge in [-0.1, -0.05) is 30.3 Å². The summed E-state index contributed by atoms with van der Waals surface area (Å²) in [6, 6.07) is 13.6. The quantitative estimate of drug-likeness (QED) is 0.651. The molecule has 2 aromatic carbocycles. The van der Waals surface area contributed by atoms with Crippen molar-refractivity contribution < 1.29 is 19.1 Å². The number of anilines is 1. The molecule has 6 nitrogen and oxygen atoms in total. The summed E-state index contributed by atoms with van der Waals surface area (Å²) in [6.45, 7) is 1.60. The van der Waals surface area contributed by atoms with E-state index in [0.29, 0.717) is 17.0 Å². The van der Waals surface area contributed by atoms with E-state index in [4.69, 9.17) is 4.74 Å².